The molecule has 0 spiro atoms. The largest absolute Gasteiger partial charge is 0.447 e. The maximum Gasteiger partial charge on any atom is 0.180 e. The summed E-state index contributed by atoms with van der Waals surface area (Å²) < 4.78 is 5.20. The molecule has 1 aliphatic heterocycles. The minimum atomic E-state index is 0.603. The summed E-state index contributed by atoms with van der Waals surface area (Å²) >= 11 is 0. The first kappa shape index (κ1) is 10.6. The van der Waals surface area contributed by atoms with Gasteiger partial charge in [-0.25, -0.2) is 4.98 Å². The summed E-state index contributed by atoms with van der Waals surface area (Å²) in [6, 6.07) is 0.603. The Hall–Kier alpha value is -0.870. The predicted molar refractivity (Wildman–Crippen MR) is 58.4 cm³/mol. The maximum absolute atomic E-state index is 5.20. The molecular formula is C11H19N3O. The van der Waals surface area contributed by atoms with Gasteiger partial charge in [-0.05, 0) is 25.9 Å². The normalized spacial score (nSPS) is 28.1. The van der Waals surface area contributed by atoms with Crippen LogP contribution in [-0.2, 0) is 6.54 Å². The number of nitrogens with zero attached hydrogens (tertiary/aromatic N) is 2. The highest BCUT2D eigenvalue weighted by molar-refractivity contribution is 4.90. The third kappa shape index (κ3) is 2.79. The molecule has 2 heterocycles. The van der Waals surface area contributed by atoms with Crippen molar-refractivity contribution in [3.63, 3.8) is 0 Å². The van der Waals surface area contributed by atoms with Crippen molar-refractivity contribution >= 4 is 0 Å². The molecule has 0 aliphatic carbocycles. The molecule has 1 saturated heterocycles. The molecule has 15 heavy (non-hydrogen) atoms. The van der Waals surface area contributed by atoms with Crippen LogP contribution in [0.2, 0.25) is 0 Å². The SMILES string of the molecule is CC1CN(C)CCC1NCc1cnco1. The molecular weight excluding hydrogens is 190 g/mol. The van der Waals surface area contributed by atoms with Gasteiger partial charge in [-0.2, -0.15) is 0 Å². The van der Waals surface area contributed by atoms with Gasteiger partial charge in [0.1, 0.15) is 5.76 Å². The van der Waals surface area contributed by atoms with E-state index in [2.05, 4.69) is 29.2 Å². The number of hydrogen-bond donors (Lipinski definition) is 1. The van der Waals surface area contributed by atoms with E-state index in [4.69, 9.17) is 4.42 Å². The summed E-state index contributed by atoms with van der Waals surface area (Å²) in [6.07, 6.45) is 4.47. The van der Waals surface area contributed by atoms with Gasteiger partial charge in [0, 0.05) is 12.6 Å². The van der Waals surface area contributed by atoms with E-state index < -0.39 is 0 Å². The molecule has 2 unspecified atom stereocenters. The molecule has 0 amide bonds. The average Bonchev–Trinajstić information content (AvgIpc) is 2.69. The number of aromatic nitrogens is 1. The van der Waals surface area contributed by atoms with Crippen LogP contribution in [0.5, 0.6) is 0 Å². The zero-order valence-electron chi connectivity index (χ0n) is 9.44. The van der Waals surface area contributed by atoms with E-state index in [0.717, 1.165) is 12.3 Å². The van der Waals surface area contributed by atoms with Crippen molar-refractivity contribution in [2.75, 3.05) is 20.1 Å². The van der Waals surface area contributed by atoms with E-state index in [9.17, 15) is 0 Å². The van der Waals surface area contributed by atoms with E-state index >= 15 is 0 Å². The first-order valence-electron chi connectivity index (χ1n) is 5.55. The number of nitrogens with one attached hydrogen (secondary N) is 1. The summed E-state index contributed by atoms with van der Waals surface area (Å²) in [5.74, 6) is 1.62. The molecule has 1 aliphatic rings. The molecule has 84 valence electrons. The highest BCUT2D eigenvalue weighted by atomic mass is 16.3. The van der Waals surface area contributed by atoms with Crippen LogP contribution in [-0.4, -0.2) is 36.1 Å². The van der Waals surface area contributed by atoms with Gasteiger partial charge in [-0.3, -0.25) is 0 Å². The van der Waals surface area contributed by atoms with Gasteiger partial charge in [0.15, 0.2) is 6.39 Å². The summed E-state index contributed by atoms with van der Waals surface area (Å²) in [5.41, 5.74) is 0. The minimum absolute atomic E-state index is 0.603. The molecule has 0 radical (unpaired) electrons. The number of oxazole rings is 1. The Morgan fingerprint density at radius 1 is 1.67 bits per heavy atom. The summed E-state index contributed by atoms with van der Waals surface area (Å²) in [7, 11) is 2.18. The smallest absolute Gasteiger partial charge is 0.180 e. The van der Waals surface area contributed by atoms with Crippen LogP contribution in [0.3, 0.4) is 0 Å². The monoisotopic (exact) mass is 209 g/mol. The number of rotatable bonds is 3. The van der Waals surface area contributed by atoms with Crippen LogP contribution in [0.4, 0.5) is 0 Å². The summed E-state index contributed by atoms with van der Waals surface area (Å²) in [6.45, 7) is 5.44. The molecule has 0 saturated carbocycles. The van der Waals surface area contributed by atoms with E-state index in [0.29, 0.717) is 12.0 Å². The first-order chi connectivity index (χ1) is 7.25. The number of piperidine rings is 1. The minimum Gasteiger partial charge on any atom is -0.447 e. The summed E-state index contributed by atoms with van der Waals surface area (Å²) in [4.78, 5) is 6.29. The van der Waals surface area contributed by atoms with Crippen LogP contribution in [0.15, 0.2) is 17.0 Å². The Morgan fingerprint density at radius 3 is 3.20 bits per heavy atom. The second-order valence-corrected chi connectivity index (χ2v) is 4.48. The Labute approximate surface area is 90.7 Å². The van der Waals surface area contributed by atoms with Crippen molar-refractivity contribution < 1.29 is 4.42 Å². The van der Waals surface area contributed by atoms with Crippen LogP contribution in [0.25, 0.3) is 0 Å². The number of likely N-dealkylation sites (tertiary alicyclic amines) is 1. The fraction of sp³-hybridized carbons (Fsp3) is 0.727. The zero-order chi connectivity index (χ0) is 10.7. The molecule has 2 rings (SSSR count). The van der Waals surface area contributed by atoms with Gasteiger partial charge in [-0.1, -0.05) is 6.92 Å². The maximum atomic E-state index is 5.20. The van der Waals surface area contributed by atoms with E-state index in [-0.39, 0.29) is 0 Å². The molecule has 4 nitrogen and oxygen atoms in total. The molecule has 1 fully saturated rings. The fourth-order valence-corrected chi connectivity index (χ4v) is 2.22. The van der Waals surface area contributed by atoms with Gasteiger partial charge in [-0.15, -0.1) is 0 Å². The van der Waals surface area contributed by atoms with E-state index in [1.165, 1.54) is 25.9 Å². The number of hydrogen-bond acceptors (Lipinski definition) is 4. The molecule has 1 aromatic heterocycles. The predicted octanol–water partition coefficient (Wildman–Crippen LogP) is 1.10. The van der Waals surface area contributed by atoms with Crippen LogP contribution < -0.4 is 5.32 Å². The second-order valence-electron chi connectivity index (χ2n) is 4.48. The van der Waals surface area contributed by atoms with Crippen molar-refractivity contribution in [1.29, 1.82) is 0 Å². The first-order valence-corrected chi connectivity index (χ1v) is 5.55. The standard InChI is InChI=1S/C11H19N3O/c1-9-7-14(2)4-3-11(9)13-6-10-5-12-8-15-10/h5,8-9,11,13H,3-4,6-7H2,1-2H3. The van der Waals surface area contributed by atoms with E-state index in [1.807, 2.05) is 0 Å². The molecule has 1 aromatic rings. The lowest BCUT2D eigenvalue weighted by molar-refractivity contribution is 0.172. The van der Waals surface area contributed by atoms with Gasteiger partial charge in [0.05, 0.1) is 12.7 Å². The van der Waals surface area contributed by atoms with E-state index in [1.54, 1.807) is 6.20 Å². The Bertz CT molecular complexity index is 286. The fourth-order valence-electron chi connectivity index (χ4n) is 2.22. The Balaban J connectivity index is 1.79. The molecule has 2 atom stereocenters. The lowest BCUT2D eigenvalue weighted by Gasteiger charge is -2.35. The van der Waals surface area contributed by atoms with Gasteiger partial charge < -0.3 is 14.6 Å². The van der Waals surface area contributed by atoms with Gasteiger partial charge >= 0.3 is 0 Å². The topological polar surface area (TPSA) is 41.3 Å². The van der Waals surface area contributed by atoms with Crippen molar-refractivity contribution in [3.8, 4) is 0 Å². The second kappa shape index (κ2) is 4.77. The van der Waals surface area contributed by atoms with Crippen molar-refractivity contribution in [2.45, 2.75) is 25.9 Å². The Kier molecular flexibility index (Phi) is 3.38. The Morgan fingerprint density at radius 2 is 2.53 bits per heavy atom. The lowest BCUT2D eigenvalue weighted by atomic mass is 9.94. The highest BCUT2D eigenvalue weighted by Crippen LogP contribution is 2.15. The third-order valence-electron chi connectivity index (χ3n) is 3.13. The van der Waals surface area contributed by atoms with Crippen LogP contribution in [0.1, 0.15) is 19.1 Å². The lowest BCUT2D eigenvalue weighted by Crippen LogP contribution is -2.46. The van der Waals surface area contributed by atoms with Crippen LogP contribution >= 0.6 is 0 Å². The third-order valence-corrected chi connectivity index (χ3v) is 3.13. The van der Waals surface area contributed by atoms with Crippen molar-refractivity contribution in [3.05, 3.63) is 18.4 Å². The summed E-state index contributed by atoms with van der Waals surface area (Å²) in [5, 5.41) is 3.53. The van der Waals surface area contributed by atoms with Crippen molar-refractivity contribution in [1.82, 2.24) is 15.2 Å². The quantitative estimate of drug-likeness (QED) is 0.809. The molecule has 0 aromatic carbocycles. The van der Waals surface area contributed by atoms with Crippen molar-refractivity contribution in [2.24, 2.45) is 5.92 Å². The van der Waals surface area contributed by atoms with Gasteiger partial charge in [0.2, 0.25) is 0 Å². The average molecular weight is 209 g/mol. The van der Waals surface area contributed by atoms with Gasteiger partial charge in [0.25, 0.3) is 0 Å². The highest BCUT2D eigenvalue weighted by Gasteiger charge is 2.23. The van der Waals surface area contributed by atoms with Crippen LogP contribution in [0, 0.1) is 5.92 Å². The molecule has 4 heteroatoms. The zero-order valence-corrected chi connectivity index (χ0v) is 9.44. The molecule has 1 N–H and O–H groups in total. The molecule has 0 bridgehead atoms.